The molecule has 35 heavy (non-hydrogen) atoms. The molecular weight excluding hydrogens is 449 g/mol. The number of ether oxygens (including phenoxy) is 2. The Morgan fingerprint density at radius 3 is 2.31 bits per heavy atom. The van der Waals surface area contributed by atoms with Crippen LogP contribution >= 0.6 is 0 Å². The van der Waals surface area contributed by atoms with Crippen molar-refractivity contribution in [1.29, 1.82) is 5.26 Å². The van der Waals surface area contributed by atoms with E-state index < -0.39 is 11.7 Å². The number of anilines is 2. The fraction of sp³-hybridized carbons (Fsp3) is 0.148. The Balaban J connectivity index is 1.67. The topological polar surface area (TPSA) is 100 Å². The number of methoxy groups -OCH3 is 1. The van der Waals surface area contributed by atoms with Crippen molar-refractivity contribution in [2.75, 3.05) is 24.4 Å². The van der Waals surface area contributed by atoms with E-state index in [1.807, 2.05) is 38.1 Å². The van der Waals surface area contributed by atoms with Crippen molar-refractivity contribution in [1.82, 2.24) is 0 Å². The summed E-state index contributed by atoms with van der Waals surface area (Å²) in [6, 6.07) is 17.5. The van der Waals surface area contributed by atoms with Gasteiger partial charge >= 0.3 is 0 Å². The minimum absolute atomic E-state index is 0.155. The van der Waals surface area contributed by atoms with Gasteiger partial charge in [-0.05, 0) is 85.1 Å². The minimum Gasteiger partial charge on any atom is -0.493 e. The third-order valence-electron chi connectivity index (χ3n) is 5.12. The summed E-state index contributed by atoms with van der Waals surface area (Å²) in [5.74, 6) is -0.746. The molecule has 0 aliphatic heterocycles. The van der Waals surface area contributed by atoms with E-state index in [2.05, 4.69) is 10.6 Å². The van der Waals surface area contributed by atoms with Crippen LogP contribution in [0, 0.1) is 31.0 Å². The zero-order valence-corrected chi connectivity index (χ0v) is 19.5. The Bertz CT molecular complexity index is 1310. The van der Waals surface area contributed by atoms with Crippen molar-refractivity contribution in [2.24, 2.45) is 0 Å². The first kappa shape index (κ1) is 25.0. The molecule has 3 aromatic rings. The fourth-order valence-corrected chi connectivity index (χ4v) is 3.10. The summed E-state index contributed by atoms with van der Waals surface area (Å²) in [6.45, 7) is 3.72. The number of nitrogens with zero attached hydrogens (tertiary/aromatic N) is 1. The molecule has 2 N–H and O–H groups in total. The first-order valence-corrected chi connectivity index (χ1v) is 10.7. The third kappa shape index (κ3) is 6.92. The first-order valence-electron chi connectivity index (χ1n) is 10.7. The Kier molecular flexibility index (Phi) is 8.20. The van der Waals surface area contributed by atoms with Gasteiger partial charge in [0.25, 0.3) is 11.8 Å². The molecule has 178 valence electrons. The van der Waals surface area contributed by atoms with E-state index in [0.29, 0.717) is 28.4 Å². The molecule has 0 radical (unpaired) electrons. The smallest absolute Gasteiger partial charge is 0.266 e. The molecular formula is C27H24FN3O4. The minimum atomic E-state index is -0.638. The van der Waals surface area contributed by atoms with Crippen LogP contribution in [0.4, 0.5) is 15.8 Å². The zero-order chi connectivity index (χ0) is 25.4. The number of halogens is 1. The maximum Gasteiger partial charge on any atom is 0.266 e. The van der Waals surface area contributed by atoms with Gasteiger partial charge in [0.2, 0.25) is 0 Å². The molecule has 0 unspecified atom stereocenters. The van der Waals surface area contributed by atoms with Crippen LogP contribution in [-0.2, 0) is 9.59 Å². The van der Waals surface area contributed by atoms with Crippen molar-refractivity contribution in [3.8, 4) is 17.6 Å². The van der Waals surface area contributed by atoms with Crippen LogP contribution in [0.1, 0.15) is 16.7 Å². The summed E-state index contributed by atoms with van der Waals surface area (Å²) >= 11 is 0. The number of amides is 2. The van der Waals surface area contributed by atoms with Gasteiger partial charge in [-0.2, -0.15) is 5.26 Å². The van der Waals surface area contributed by atoms with Crippen LogP contribution in [0.5, 0.6) is 11.5 Å². The predicted octanol–water partition coefficient (Wildman–Crippen LogP) is 5.01. The van der Waals surface area contributed by atoms with Crippen molar-refractivity contribution in [3.05, 3.63) is 88.7 Å². The standard InChI is InChI=1S/C27H24FN3O4/c1-17-4-8-23(12-18(17)2)30-26(32)16-35-24-11-5-19(14-25(24)34-3)13-20(15-29)27(33)31-22-9-6-21(28)7-10-22/h4-14H,16H2,1-3H3,(H,30,32)(H,31,33)/b20-13+. The average Bonchev–Trinajstić information content (AvgIpc) is 2.85. The lowest BCUT2D eigenvalue weighted by molar-refractivity contribution is -0.118. The molecule has 8 heteroatoms. The lowest BCUT2D eigenvalue weighted by Crippen LogP contribution is -2.20. The van der Waals surface area contributed by atoms with Crippen molar-refractivity contribution < 1.29 is 23.5 Å². The molecule has 0 aromatic heterocycles. The van der Waals surface area contributed by atoms with Crippen LogP contribution in [-0.4, -0.2) is 25.5 Å². The lowest BCUT2D eigenvalue weighted by Gasteiger charge is -2.12. The largest absolute Gasteiger partial charge is 0.493 e. The quantitative estimate of drug-likeness (QED) is 0.354. The maximum atomic E-state index is 13.0. The van der Waals surface area contributed by atoms with Crippen LogP contribution in [0.25, 0.3) is 6.08 Å². The number of aryl methyl sites for hydroxylation is 2. The number of carbonyl (C=O) groups is 2. The average molecular weight is 474 g/mol. The molecule has 0 aliphatic rings. The van der Waals surface area contributed by atoms with Crippen LogP contribution < -0.4 is 20.1 Å². The molecule has 2 amide bonds. The lowest BCUT2D eigenvalue weighted by atomic mass is 10.1. The van der Waals surface area contributed by atoms with Crippen molar-refractivity contribution >= 4 is 29.3 Å². The van der Waals surface area contributed by atoms with E-state index in [1.54, 1.807) is 18.2 Å². The highest BCUT2D eigenvalue weighted by atomic mass is 19.1. The molecule has 0 aliphatic carbocycles. The first-order chi connectivity index (χ1) is 16.8. The third-order valence-corrected chi connectivity index (χ3v) is 5.12. The number of benzene rings is 3. The van der Waals surface area contributed by atoms with Gasteiger partial charge in [0.05, 0.1) is 7.11 Å². The number of hydrogen-bond acceptors (Lipinski definition) is 5. The highest BCUT2D eigenvalue weighted by Crippen LogP contribution is 2.29. The molecule has 0 spiro atoms. The summed E-state index contributed by atoms with van der Waals surface area (Å²) in [7, 11) is 1.44. The van der Waals surface area contributed by atoms with E-state index >= 15 is 0 Å². The molecule has 3 aromatic carbocycles. The Labute approximate surface area is 202 Å². The Morgan fingerprint density at radius 1 is 0.943 bits per heavy atom. The monoisotopic (exact) mass is 473 g/mol. The van der Waals surface area contributed by atoms with Crippen LogP contribution in [0.2, 0.25) is 0 Å². The van der Waals surface area contributed by atoms with Crippen LogP contribution in [0.15, 0.2) is 66.2 Å². The van der Waals surface area contributed by atoms with Gasteiger partial charge < -0.3 is 20.1 Å². The summed E-state index contributed by atoms with van der Waals surface area (Å²) < 4.78 is 24.0. The zero-order valence-electron chi connectivity index (χ0n) is 19.5. The van der Waals surface area contributed by atoms with E-state index in [9.17, 15) is 19.2 Å². The van der Waals surface area contributed by atoms with E-state index in [0.717, 1.165) is 11.1 Å². The Morgan fingerprint density at radius 2 is 1.66 bits per heavy atom. The number of rotatable bonds is 8. The molecule has 0 saturated carbocycles. The van der Waals surface area contributed by atoms with Gasteiger partial charge in [0.1, 0.15) is 17.5 Å². The predicted molar refractivity (Wildman–Crippen MR) is 132 cm³/mol. The second-order valence-corrected chi connectivity index (χ2v) is 7.68. The van der Waals surface area contributed by atoms with Gasteiger partial charge in [0, 0.05) is 11.4 Å². The molecule has 0 bridgehead atoms. The molecule has 0 atom stereocenters. The summed E-state index contributed by atoms with van der Waals surface area (Å²) in [6.07, 6.45) is 1.39. The van der Waals surface area contributed by atoms with Crippen molar-refractivity contribution in [2.45, 2.75) is 13.8 Å². The second kappa shape index (κ2) is 11.5. The van der Waals surface area contributed by atoms with Gasteiger partial charge in [-0.25, -0.2) is 4.39 Å². The maximum absolute atomic E-state index is 13.0. The number of nitrogens with one attached hydrogen (secondary N) is 2. The Hall–Kier alpha value is -4.64. The highest BCUT2D eigenvalue weighted by molar-refractivity contribution is 6.09. The van der Waals surface area contributed by atoms with Gasteiger partial charge in [-0.1, -0.05) is 12.1 Å². The summed E-state index contributed by atoms with van der Waals surface area (Å²) in [5.41, 5.74) is 3.59. The van der Waals surface area contributed by atoms with Gasteiger partial charge in [-0.3, -0.25) is 9.59 Å². The van der Waals surface area contributed by atoms with E-state index in [-0.39, 0.29) is 18.1 Å². The molecule has 0 fully saturated rings. The molecule has 0 heterocycles. The summed E-state index contributed by atoms with van der Waals surface area (Å²) in [4.78, 5) is 24.7. The SMILES string of the molecule is COc1cc(/C=C(\C#N)C(=O)Nc2ccc(F)cc2)ccc1OCC(=O)Nc1ccc(C)c(C)c1. The van der Waals surface area contributed by atoms with Crippen LogP contribution in [0.3, 0.4) is 0 Å². The molecule has 0 saturated heterocycles. The van der Waals surface area contributed by atoms with Crippen molar-refractivity contribution in [3.63, 3.8) is 0 Å². The highest BCUT2D eigenvalue weighted by Gasteiger charge is 2.12. The molecule has 3 rings (SSSR count). The fourth-order valence-electron chi connectivity index (χ4n) is 3.10. The van der Waals surface area contributed by atoms with Gasteiger partial charge in [-0.15, -0.1) is 0 Å². The second-order valence-electron chi connectivity index (χ2n) is 7.68. The number of carbonyl (C=O) groups excluding carboxylic acids is 2. The van der Waals surface area contributed by atoms with Gasteiger partial charge in [0.15, 0.2) is 18.1 Å². The van der Waals surface area contributed by atoms with E-state index in [4.69, 9.17) is 9.47 Å². The number of nitriles is 1. The normalized spacial score (nSPS) is 10.8. The summed E-state index contributed by atoms with van der Waals surface area (Å²) in [5, 5.41) is 14.7. The number of hydrogen-bond donors (Lipinski definition) is 2. The molecule has 7 nitrogen and oxygen atoms in total. The van der Waals surface area contributed by atoms with E-state index in [1.165, 1.54) is 37.5 Å².